The van der Waals surface area contributed by atoms with Crippen LogP contribution in [-0.4, -0.2) is 9.55 Å². The summed E-state index contributed by atoms with van der Waals surface area (Å²) in [5, 5.41) is 0. The molecule has 0 amide bonds. The normalized spacial score (nSPS) is 8.78. The summed E-state index contributed by atoms with van der Waals surface area (Å²) in [6.45, 7) is 0.492. The third-order valence-corrected chi connectivity index (χ3v) is 1.01. The van der Waals surface area contributed by atoms with Crippen molar-refractivity contribution in [2.24, 2.45) is 0 Å². The van der Waals surface area contributed by atoms with Gasteiger partial charge in [0, 0.05) is 12.4 Å². The first kappa shape index (κ1) is 5.70. The molecule has 1 rings (SSSR count). The third kappa shape index (κ3) is 1.03. The lowest BCUT2D eigenvalue weighted by Gasteiger charge is -1.94. The molecule has 0 aromatic carbocycles. The van der Waals surface area contributed by atoms with Crippen LogP contribution < -0.4 is 5.73 Å². The smallest absolute Gasteiger partial charge is 0.200 e. The average Bonchev–Trinajstić information content (AvgIpc) is 2.18. The maximum atomic E-state index is 5.38. The molecule has 1 heterocycles. The van der Waals surface area contributed by atoms with E-state index in [2.05, 4.69) is 10.9 Å². The van der Waals surface area contributed by atoms with Gasteiger partial charge in [-0.1, -0.05) is 5.92 Å². The molecular weight excluding hydrogens is 114 g/mol. The lowest BCUT2D eigenvalue weighted by Crippen LogP contribution is -2.00. The molecule has 0 spiro atoms. The predicted octanol–water partition coefficient (Wildman–Crippen LogP) is 0.0985. The van der Waals surface area contributed by atoms with Gasteiger partial charge in [-0.2, -0.15) is 0 Å². The van der Waals surface area contributed by atoms with Gasteiger partial charge in [0.25, 0.3) is 0 Å². The monoisotopic (exact) mass is 121 g/mol. The predicted molar refractivity (Wildman–Crippen MR) is 35.5 cm³/mol. The minimum Gasteiger partial charge on any atom is -0.369 e. The van der Waals surface area contributed by atoms with Crippen molar-refractivity contribution < 1.29 is 0 Å². The van der Waals surface area contributed by atoms with Gasteiger partial charge in [-0.3, -0.25) is 0 Å². The zero-order chi connectivity index (χ0) is 6.69. The zero-order valence-corrected chi connectivity index (χ0v) is 4.91. The van der Waals surface area contributed by atoms with Crippen LogP contribution in [0.1, 0.15) is 0 Å². The molecule has 0 unspecified atom stereocenters. The molecule has 0 saturated heterocycles. The summed E-state index contributed by atoms with van der Waals surface area (Å²) in [6, 6.07) is 0. The Morgan fingerprint density at radius 1 is 1.89 bits per heavy atom. The summed E-state index contributed by atoms with van der Waals surface area (Å²) in [6.07, 6.45) is 8.40. The summed E-state index contributed by atoms with van der Waals surface area (Å²) < 4.78 is 1.69. The van der Waals surface area contributed by atoms with Gasteiger partial charge < -0.3 is 10.3 Å². The molecule has 0 aliphatic carbocycles. The van der Waals surface area contributed by atoms with Crippen molar-refractivity contribution >= 4 is 5.95 Å². The first-order valence-electron chi connectivity index (χ1n) is 2.54. The molecule has 0 radical (unpaired) electrons. The maximum Gasteiger partial charge on any atom is 0.200 e. The molecule has 1 aromatic heterocycles. The fourth-order valence-corrected chi connectivity index (χ4v) is 0.573. The highest BCUT2D eigenvalue weighted by atomic mass is 15.1. The highest BCUT2D eigenvalue weighted by Gasteiger charge is 1.91. The van der Waals surface area contributed by atoms with Crippen LogP contribution in [0.5, 0.6) is 0 Å². The molecule has 0 fully saturated rings. The summed E-state index contributed by atoms with van der Waals surface area (Å²) in [5.41, 5.74) is 5.38. The molecule has 3 nitrogen and oxygen atoms in total. The lowest BCUT2D eigenvalue weighted by molar-refractivity contribution is 0.855. The number of imidazole rings is 1. The fourth-order valence-electron chi connectivity index (χ4n) is 0.573. The zero-order valence-electron chi connectivity index (χ0n) is 4.91. The molecule has 2 N–H and O–H groups in total. The van der Waals surface area contributed by atoms with Crippen LogP contribution in [0.25, 0.3) is 0 Å². The standard InChI is InChI=1S/C6H7N3/c1-2-4-9-5-3-8-6(9)7/h1,3,5H,4H2,(H2,7,8). The van der Waals surface area contributed by atoms with Crippen LogP contribution in [0.3, 0.4) is 0 Å². The molecule has 1 aromatic rings. The quantitative estimate of drug-likeness (QED) is 0.535. The van der Waals surface area contributed by atoms with Gasteiger partial charge in [-0.25, -0.2) is 4.98 Å². The molecule has 0 atom stereocenters. The number of anilines is 1. The Bertz CT molecular complexity index is 231. The SMILES string of the molecule is C#CCn1ccnc1N. The molecule has 0 bridgehead atoms. The van der Waals surface area contributed by atoms with E-state index < -0.39 is 0 Å². The highest BCUT2D eigenvalue weighted by molar-refractivity contribution is 5.17. The van der Waals surface area contributed by atoms with Gasteiger partial charge in [-0.05, 0) is 0 Å². The first-order chi connectivity index (χ1) is 4.34. The Kier molecular flexibility index (Phi) is 1.41. The molecule has 0 saturated carbocycles. The van der Waals surface area contributed by atoms with Crippen molar-refractivity contribution in [2.45, 2.75) is 6.54 Å². The van der Waals surface area contributed by atoms with E-state index in [0.29, 0.717) is 12.5 Å². The van der Waals surface area contributed by atoms with Crippen molar-refractivity contribution in [2.75, 3.05) is 5.73 Å². The van der Waals surface area contributed by atoms with E-state index in [4.69, 9.17) is 12.2 Å². The van der Waals surface area contributed by atoms with Crippen LogP contribution in [0.4, 0.5) is 5.95 Å². The van der Waals surface area contributed by atoms with Crippen molar-refractivity contribution in [3.8, 4) is 12.3 Å². The number of nitrogens with two attached hydrogens (primary N) is 1. The topological polar surface area (TPSA) is 43.8 Å². The van der Waals surface area contributed by atoms with Crippen LogP contribution in [0.15, 0.2) is 12.4 Å². The molecule has 0 aliphatic rings. The summed E-state index contributed by atoms with van der Waals surface area (Å²) in [7, 11) is 0. The lowest BCUT2D eigenvalue weighted by atomic mass is 10.6. The third-order valence-electron chi connectivity index (χ3n) is 1.01. The van der Waals surface area contributed by atoms with Gasteiger partial charge in [-0.15, -0.1) is 6.42 Å². The highest BCUT2D eigenvalue weighted by Crippen LogP contribution is 1.95. The number of rotatable bonds is 1. The Morgan fingerprint density at radius 2 is 2.67 bits per heavy atom. The second kappa shape index (κ2) is 2.23. The van der Waals surface area contributed by atoms with Gasteiger partial charge in [0.2, 0.25) is 5.95 Å². The van der Waals surface area contributed by atoms with Gasteiger partial charge in [0.05, 0.1) is 6.54 Å². The van der Waals surface area contributed by atoms with Gasteiger partial charge in [0.1, 0.15) is 0 Å². The Labute approximate surface area is 53.5 Å². The molecule has 46 valence electrons. The van der Waals surface area contributed by atoms with Crippen molar-refractivity contribution in [1.29, 1.82) is 0 Å². The summed E-state index contributed by atoms with van der Waals surface area (Å²) >= 11 is 0. The van der Waals surface area contributed by atoms with E-state index in [1.807, 2.05) is 0 Å². The van der Waals surface area contributed by atoms with E-state index >= 15 is 0 Å². The molecule has 0 aliphatic heterocycles. The van der Waals surface area contributed by atoms with Crippen LogP contribution in [0, 0.1) is 12.3 Å². The van der Waals surface area contributed by atoms with E-state index in [9.17, 15) is 0 Å². The largest absolute Gasteiger partial charge is 0.369 e. The summed E-state index contributed by atoms with van der Waals surface area (Å²) in [5.74, 6) is 2.92. The number of terminal acetylenes is 1. The minimum absolute atomic E-state index is 0.466. The van der Waals surface area contributed by atoms with Crippen LogP contribution >= 0.6 is 0 Å². The van der Waals surface area contributed by atoms with Crippen molar-refractivity contribution in [3.63, 3.8) is 0 Å². The minimum atomic E-state index is 0.466. The van der Waals surface area contributed by atoms with Gasteiger partial charge >= 0.3 is 0 Å². The van der Waals surface area contributed by atoms with E-state index in [-0.39, 0.29) is 0 Å². The van der Waals surface area contributed by atoms with Crippen molar-refractivity contribution in [1.82, 2.24) is 9.55 Å². The number of hydrogen-bond donors (Lipinski definition) is 1. The van der Waals surface area contributed by atoms with E-state index in [1.165, 1.54) is 0 Å². The Balaban J connectivity index is 2.84. The summed E-state index contributed by atoms with van der Waals surface area (Å²) in [4.78, 5) is 3.78. The second-order valence-corrected chi connectivity index (χ2v) is 1.62. The second-order valence-electron chi connectivity index (χ2n) is 1.62. The van der Waals surface area contributed by atoms with Crippen molar-refractivity contribution in [3.05, 3.63) is 12.4 Å². The molecule has 3 heteroatoms. The fraction of sp³-hybridized carbons (Fsp3) is 0.167. The van der Waals surface area contributed by atoms with E-state index in [1.54, 1.807) is 17.0 Å². The maximum absolute atomic E-state index is 5.38. The van der Waals surface area contributed by atoms with E-state index in [0.717, 1.165) is 0 Å². The number of hydrogen-bond acceptors (Lipinski definition) is 2. The Morgan fingerprint density at radius 3 is 3.11 bits per heavy atom. The number of nitrogens with zero attached hydrogens (tertiary/aromatic N) is 2. The van der Waals surface area contributed by atoms with Crippen LogP contribution in [0.2, 0.25) is 0 Å². The Hall–Kier alpha value is -1.43. The first-order valence-corrected chi connectivity index (χ1v) is 2.54. The average molecular weight is 121 g/mol. The number of nitrogen functional groups attached to an aromatic ring is 1. The van der Waals surface area contributed by atoms with Gasteiger partial charge in [0.15, 0.2) is 0 Å². The number of aromatic nitrogens is 2. The van der Waals surface area contributed by atoms with Crippen LogP contribution in [-0.2, 0) is 6.54 Å². The molecule has 9 heavy (non-hydrogen) atoms. The molecular formula is C6H7N3.